The highest BCUT2D eigenvalue weighted by molar-refractivity contribution is 6.04. The van der Waals surface area contributed by atoms with E-state index in [1.807, 2.05) is 13.8 Å². The molecule has 0 aromatic heterocycles. The molecule has 2 rings (SSSR count). The number of fused-ring (bicyclic) bond motifs is 2. The van der Waals surface area contributed by atoms with Gasteiger partial charge in [0.1, 0.15) is 23.3 Å². The molecule has 0 saturated carbocycles. The number of carbonyl (C=O) groups is 2. The smallest absolute Gasteiger partial charge is 0.405 e. The first-order chi connectivity index (χ1) is 19.8. The summed E-state index contributed by atoms with van der Waals surface area (Å²) in [5.41, 5.74) is 6.69. The summed E-state index contributed by atoms with van der Waals surface area (Å²) in [6.45, 7) is 10.6. The van der Waals surface area contributed by atoms with Crippen LogP contribution in [-0.2, 0) is 25.4 Å². The number of allylic oxidation sites excluding steroid dienone is 3. The van der Waals surface area contributed by atoms with E-state index in [-0.39, 0.29) is 40.8 Å². The molecule has 0 unspecified atom stereocenters. The molecule has 1 heterocycles. The summed E-state index contributed by atoms with van der Waals surface area (Å²) in [5, 5.41) is 35.9. The Morgan fingerprint density at radius 2 is 1.90 bits per heavy atom. The zero-order valence-corrected chi connectivity index (χ0v) is 25.0. The molecule has 6 N–H and O–H groups in total. The number of aliphatic hydroxyl groups is 1. The van der Waals surface area contributed by atoms with Crippen LogP contribution in [0.15, 0.2) is 59.2 Å². The van der Waals surface area contributed by atoms with Crippen molar-refractivity contribution in [1.82, 2.24) is 0 Å². The molecule has 6 atom stereocenters. The van der Waals surface area contributed by atoms with E-state index >= 15 is 0 Å². The van der Waals surface area contributed by atoms with Gasteiger partial charge in [0.15, 0.2) is 6.10 Å². The highest BCUT2D eigenvalue weighted by Crippen LogP contribution is 2.44. The number of aliphatic imine (C=N–C) groups is 1. The highest BCUT2D eigenvalue weighted by atomic mass is 16.6. The first-order valence-electron chi connectivity index (χ1n) is 13.6. The first-order valence-corrected chi connectivity index (χ1v) is 13.6. The van der Waals surface area contributed by atoms with Crippen LogP contribution >= 0.6 is 0 Å². The van der Waals surface area contributed by atoms with E-state index in [1.54, 1.807) is 32.1 Å². The number of hydrogen-bond donors (Lipinski definition) is 5. The third kappa shape index (κ3) is 9.04. The van der Waals surface area contributed by atoms with E-state index in [9.17, 15) is 24.9 Å². The fourth-order valence-corrected chi connectivity index (χ4v) is 4.87. The second-order valence-corrected chi connectivity index (χ2v) is 10.5. The minimum absolute atomic E-state index is 0.00774. The predicted molar refractivity (Wildman–Crippen MR) is 162 cm³/mol. The lowest BCUT2D eigenvalue weighted by molar-refractivity contribution is -0.112. The van der Waals surface area contributed by atoms with Gasteiger partial charge in [-0.2, -0.15) is 0 Å². The first kappa shape index (κ1) is 34.3. The monoisotopic (exact) mass is 585 g/mol. The van der Waals surface area contributed by atoms with E-state index in [1.165, 1.54) is 38.7 Å². The molecule has 0 spiro atoms. The van der Waals surface area contributed by atoms with Gasteiger partial charge in [0.05, 0.1) is 17.9 Å². The topological polar surface area (TPSA) is 173 Å². The number of primary amides is 1. The van der Waals surface area contributed by atoms with Crippen LogP contribution in [0.1, 0.15) is 39.7 Å². The third-order valence-electron chi connectivity index (χ3n) is 7.11. The number of ether oxygens (including phenoxy) is 3. The summed E-state index contributed by atoms with van der Waals surface area (Å²) in [6, 6.07) is 1.23. The van der Waals surface area contributed by atoms with Crippen LogP contribution in [0.5, 0.6) is 11.5 Å². The summed E-state index contributed by atoms with van der Waals surface area (Å²) in [6.07, 6.45) is 5.69. The molecule has 1 aliphatic rings. The van der Waals surface area contributed by atoms with Crippen molar-refractivity contribution in [2.45, 2.75) is 65.0 Å². The fourth-order valence-electron chi connectivity index (χ4n) is 4.87. The lowest BCUT2D eigenvalue weighted by atomic mass is 9.87. The Morgan fingerprint density at radius 1 is 1.21 bits per heavy atom. The molecule has 0 fully saturated rings. The van der Waals surface area contributed by atoms with E-state index in [2.05, 4.69) is 16.9 Å². The number of anilines is 1. The third-order valence-corrected chi connectivity index (χ3v) is 7.11. The van der Waals surface area contributed by atoms with Gasteiger partial charge in [-0.05, 0) is 38.2 Å². The number of nitrogens with zero attached hydrogens (tertiary/aromatic N) is 1. The van der Waals surface area contributed by atoms with Crippen molar-refractivity contribution < 1.29 is 39.1 Å². The number of amides is 2. The standard InChI is InChI=1S/C31H43N3O8/c1-8-12-33-26-21-13-17(2)14-25(41-7)27(36)19(4)15-20(5)29(42-31(32)39)24(40-6)11-9-10-18(3)30(38)34-22(28(21)37)16-23(26)35/h8-12,15-17,19,24-25,27,29,35-37H,1,13-14H2,2-7H3,(H2,32,39)(H,34,38)/t17-,19-,24-,25-,27+,29+/m0/s1. The predicted octanol–water partition coefficient (Wildman–Crippen LogP) is 4.45. The Hall–Kier alpha value is -3.93. The van der Waals surface area contributed by atoms with Crippen LogP contribution in [0, 0.1) is 11.8 Å². The van der Waals surface area contributed by atoms with Gasteiger partial charge >= 0.3 is 6.09 Å². The van der Waals surface area contributed by atoms with Crippen molar-refractivity contribution in [2.24, 2.45) is 22.6 Å². The van der Waals surface area contributed by atoms with E-state index in [4.69, 9.17) is 19.9 Å². The molecule has 0 radical (unpaired) electrons. The zero-order chi connectivity index (χ0) is 31.6. The van der Waals surface area contributed by atoms with Crippen LogP contribution in [0.4, 0.5) is 16.2 Å². The van der Waals surface area contributed by atoms with Gasteiger partial charge in [0.2, 0.25) is 0 Å². The zero-order valence-electron chi connectivity index (χ0n) is 25.0. The average molecular weight is 586 g/mol. The molecule has 2 bridgehead atoms. The normalized spacial score (nSPS) is 26.3. The van der Waals surface area contributed by atoms with Crippen LogP contribution in [-0.4, -0.2) is 72.2 Å². The van der Waals surface area contributed by atoms with E-state index in [0.717, 1.165) is 0 Å². The van der Waals surface area contributed by atoms with Crippen LogP contribution in [0.3, 0.4) is 0 Å². The fraction of sp³-hybridized carbons (Fsp3) is 0.452. The number of benzene rings is 1. The number of nitrogens with one attached hydrogen (secondary N) is 1. The van der Waals surface area contributed by atoms with Gasteiger partial charge in [-0.3, -0.25) is 9.79 Å². The molecular weight excluding hydrogens is 542 g/mol. The van der Waals surface area contributed by atoms with E-state index < -0.39 is 42.3 Å². The number of rotatable bonds is 5. The molecule has 42 heavy (non-hydrogen) atoms. The number of aromatic hydroxyl groups is 2. The van der Waals surface area contributed by atoms with Gasteiger partial charge in [-0.1, -0.05) is 50.8 Å². The Bertz CT molecular complexity index is 1250. The quantitative estimate of drug-likeness (QED) is 0.146. The number of methoxy groups -OCH3 is 2. The lowest BCUT2D eigenvalue weighted by Gasteiger charge is -2.29. The average Bonchev–Trinajstić information content (AvgIpc) is 2.94. The number of phenols is 2. The molecule has 2 amide bonds. The maximum absolute atomic E-state index is 13.0. The lowest BCUT2D eigenvalue weighted by Crippen LogP contribution is -2.37. The summed E-state index contributed by atoms with van der Waals surface area (Å²) >= 11 is 0. The maximum atomic E-state index is 13.0. The molecule has 1 aromatic carbocycles. The molecular formula is C31H43N3O8. The minimum Gasteiger partial charge on any atom is -0.506 e. The van der Waals surface area contributed by atoms with Gasteiger partial charge in [0.25, 0.3) is 5.91 Å². The highest BCUT2D eigenvalue weighted by Gasteiger charge is 2.30. The number of nitrogens with two attached hydrogens (primary N) is 1. The maximum Gasteiger partial charge on any atom is 0.405 e. The Labute approximate surface area is 247 Å². The number of carbonyl (C=O) groups excluding carboxylic acids is 2. The van der Waals surface area contributed by atoms with Crippen molar-refractivity contribution in [3.63, 3.8) is 0 Å². The molecule has 11 nitrogen and oxygen atoms in total. The van der Waals surface area contributed by atoms with Gasteiger partial charge in [-0.25, -0.2) is 4.79 Å². The Kier molecular flexibility index (Phi) is 13.0. The summed E-state index contributed by atoms with van der Waals surface area (Å²) in [4.78, 5) is 29.0. The van der Waals surface area contributed by atoms with E-state index in [0.29, 0.717) is 17.6 Å². The minimum atomic E-state index is -0.994. The molecule has 0 aliphatic carbocycles. The molecule has 0 saturated heterocycles. The van der Waals surface area contributed by atoms with Crippen molar-refractivity contribution in [1.29, 1.82) is 0 Å². The number of aliphatic hydroxyl groups excluding tert-OH is 1. The largest absolute Gasteiger partial charge is 0.506 e. The van der Waals surface area contributed by atoms with Gasteiger partial charge in [0, 0.05) is 43.6 Å². The second kappa shape index (κ2) is 15.9. The number of hydrogen-bond acceptors (Lipinski definition) is 9. The molecule has 1 aliphatic heterocycles. The summed E-state index contributed by atoms with van der Waals surface area (Å²) < 4.78 is 16.6. The SMILES string of the molecule is C=CC=Nc1c(O)cc2c(O)c1C[C@H](C)C[C@H](OC)[C@H](O)[C@@H](C)C=C(C)[C@@H](OC(N)=O)[C@@H](OC)C=CC=C(C)C(=O)N2. The van der Waals surface area contributed by atoms with Crippen molar-refractivity contribution in [2.75, 3.05) is 19.5 Å². The van der Waals surface area contributed by atoms with Crippen LogP contribution < -0.4 is 11.1 Å². The van der Waals surface area contributed by atoms with Crippen molar-refractivity contribution in [3.05, 3.63) is 59.7 Å². The Morgan fingerprint density at radius 3 is 2.50 bits per heavy atom. The van der Waals surface area contributed by atoms with Crippen LogP contribution in [0.25, 0.3) is 0 Å². The summed E-state index contributed by atoms with van der Waals surface area (Å²) in [7, 11) is 2.94. The summed E-state index contributed by atoms with van der Waals surface area (Å²) in [5.74, 6) is -1.61. The van der Waals surface area contributed by atoms with Crippen molar-refractivity contribution in [3.8, 4) is 11.5 Å². The van der Waals surface area contributed by atoms with Crippen molar-refractivity contribution >= 4 is 29.6 Å². The van der Waals surface area contributed by atoms with Gasteiger partial charge in [-0.15, -0.1) is 0 Å². The van der Waals surface area contributed by atoms with Gasteiger partial charge < -0.3 is 40.6 Å². The molecule has 1 aromatic rings. The Balaban J connectivity index is 2.69. The molecule has 230 valence electrons. The van der Waals surface area contributed by atoms with Crippen LogP contribution in [0.2, 0.25) is 0 Å². The molecule has 11 heteroatoms. The second-order valence-electron chi connectivity index (χ2n) is 10.5. The number of phenolic OH excluding ortho intramolecular Hbond substituents is 2.